The molecule has 2 aromatic rings. The van der Waals surface area contributed by atoms with Crippen LogP contribution >= 0.6 is 0 Å². The molecule has 24 heavy (non-hydrogen) atoms. The van der Waals surface area contributed by atoms with Gasteiger partial charge in [-0.3, -0.25) is 0 Å². The molecule has 0 aliphatic carbocycles. The van der Waals surface area contributed by atoms with Crippen molar-refractivity contribution < 1.29 is 13.2 Å². The number of hydrogen-bond acceptors (Lipinski definition) is 3. The van der Waals surface area contributed by atoms with Crippen LogP contribution in [0.4, 0.5) is 0 Å². The molecule has 0 spiro atoms. The van der Waals surface area contributed by atoms with Crippen molar-refractivity contribution in [2.24, 2.45) is 0 Å². The lowest BCUT2D eigenvalue weighted by molar-refractivity contribution is 0.363. The second-order valence-electron chi connectivity index (χ2n) is 6.65. The number of para-hydroxylation sites is 1. The van der Waals surface area contributed by atoms with Crippen molar-refractivity contribution in [1.29, 1.82) is 0 Å². The Hall–Kier alpha value is -2.07. The van der Waals surface area contributed by atoms with E-state index < -0.39 is 9.84 Å². The minimum absolute atomic E-state index is 0.0109. The Morgan fingerprint density at radius 1 is 0.917 bits per heavy atom. The Morgan fingerprint density at radius 3 is 2.12 bits per heavy atom. The summed E-state index contributed by atoms with van der Waals surface area (Å²) in [5, 5.41) is 0. The summed E-state index contributed by atoms with van der Waals surface area (Å²) >= 11 is 0. The smallest absolute Gasteiger partial charge is 0.181 e. The van der Waals surface area contributed by atoms with Crippen LogP contribution in [0.15, 0.2) is 71.6 Å². The summed E-state index contributed by atoms with van der Waals surface area (Å²) in [7, 11) is -3.31. The second-order valence-corrected chi connectivity index (χ2v) is 8.69. The highest BCUT2D eigenvalue weighted by Crippen LogP contribution is 2.23. The normalized spacial score (nSPS) is 12.5. The van der Waals surface area contributed by atoms with Crippen molar-refractivity contribution in [2.45, 2.75) is 31.1 Å². The molecule has 0 aliphatic rings. The van der Waals surface area contributed by atoms with Crippen molar-refractivity contribution in [2.75, 3.05) is 12.4 Å². The average Bonchev–Trinajstić information content (AvgIpc) is 2.55. The number of rotatable bonds is 6. The van der Waals surface area contributed by atoms with Crippen LogP contribution in [0.2, 0.25) is 0 Å². The molecule has 0 radical (unpaired) electrons. The molecule has 0 N–H and O–H groups in total. The molecule has 2 aromatic carbocycles. The molecule has 2 rings (SSSR count). The van der Waals surface area contributed by atoms with Crippen LogP contribution in [0.3, 0.4) is 0 Å². The monoisotopic (exact) mass is 344 g/mol. The van der Waals surface area contributed by atoms with Gasteiger partial charge in [-0.2, -0.15) is 0 Å². The first-order valence-electron chi connectivity index (χ1n) is 7.95. The van der Waals surface area contributed by atoms with E-state index in [9.17, 15) is 8.42 Å². The van der Waals surface area contributed by atoms with Crippen LogP contribution in [0.1, 0.15) is 26.3 Å². The summed E-state index contributed by atoms with van der Waals surface area (Å²) in [5.41, 5.74) is 1.13. The Kier molecular flexibility index (Phi) is 5.84. The topological polar surface area (TPSA) is 43.4 Å². The number of hydrogen-bond donors (Lipinski definition) is 0. The highest BCUT2D eigenvalue weighted by molar-refractivity contribution is 7.91. The van der Waals surface area contributed by atoms with E-state index in [2.05, 4.69) is 20.8 Å². The Morgan fingerprint density at radius 2 is 1.54 bits per heavy atom. The minimum Gasteiger partial charge on any atom is -0.490 e. The van der Waals surface area contributed by atoms with Gasteiger partial charge in [0, 0.05) is 0 Å². The lowest BCUT2D eigenvalue weighted by Gasteiger charge is -2.19. The van der Waals surface area contributed by atoms with Crippen molar-refractivity contribution in [3.63, 3.8) is 0 Å². The zero-order valence-corrected chi connectivity index (χ0v) is 15.2. The summed E-state index contributed by atoms with van der Waals surface area (Å²) in [6, 6.07) is 16.6. The van der Waals surface area contributed by atoms with Crippen LogP contribution in [-0.4, -0.2) is 20.8 Å². The Balaban J connectivity index is 1.92. The van der Waals surface area contributed by atoms with Gasteiger partial charge >= 0.3 is 0 Å². The van der Waals surface area contributed by atoms with Gasteiger partial charge < -0.3 is 4.74 Å². The van der Waals surface area contributed by atoms with E-state index in [0.29, 0.717) is 11.5 Å². The fourth-order valence-corrected chi connectivity index (χ4v) is 3.31. The van der Waals surface area contributed by atoms with E-state index in [4.69, 9.17) is 4.74 Å². The van der Waals surface area contributed by atoms with Crippen LogP contribution in [0.25, 0.3) is 0 Å². The zero-order valence-electron chi connectivity index (χ0n) is 14.4. The zero-order chi connectivity index (χ0) is 17.6. The number of sulfone groups is 1. The van der Waals surface area contributed by atoms with Crippen LogP contribution in [-0.2, 0) is 15.3 Å². The molecule has 0 atom stereocenters. The minimum atomic E-state index is -3.31. The van der Waals surface area contributed by atoms with E-state index in [1.165, 1.54) is 0 Å². The third kappa shape index (κ3) is 5.24. The van der Waals surface area contributed by atoms with Crippen molar-refractivity contribution >= 4 is 9.84 Å². The molecule has 0 aliphatic heterocycles. The van der Waals surface area contributed by atoms with Gasteiger partial charge in [0.2, 0.25) is 0 Å². The van der Waals surface area contributed by atoms with Crippen LogP contribution in [0, 0.1) is 0 Å². The van der Waals surface area contributed by atoms with E-state index >= 15 is 0 Å². The van der Waals surface area contributed by atoms with Gasteiger partial charge in [0.1, 0.15) is 12.4 Å². The molecule has 0 saturated carbocycles. The molecule has 0 aromatic heterocycles. The van der Waals surface area contributed by atoms with E-state index in [1.54, 1.807) is 24.3 Å². The van der Waals surface area contributed by atoms with Crippen molar-refractivity contribution in [1.82, 2.24) is 0 Å². The van der Waals surface area contributed by atoms with Gasteiger partial charge in [0.25, 0.3) is 0 Å². The van der Waals surface area contributed by atoms with Crippen molar-refractivity contribution in [3.05, 3.63) is 72.3 Å². The molecule has 0 bridgehead atoms. The maximum absolute atomic E-state index is 12.3. The molecule has 0 saturated heterocycles. The van der Waals surface area contributed by atoms with Gasteiger partial charge in [-0.1, -0.05) is 63.3 Å². The lowest BCUT2D eigenvalue weighted by atomic mass is 9.87. The predicted octanol–water partition coefficient (Wildman–Crippen LogP) is 4.39. The van der Waals surface area contributed by atoms with Crippen LogP contribution < -0.4 is 4.74 Å². The molecule has 0 fully saturated rings. The maximum Gasteiger partial charge on any atom is 0.181 e. The number of ether oxygens (including phenoxy) is 1. The summed E-state index contributed by atoms with van der Waals surface area (Å²) in [6.45, 7) is 6.66. The standard InChI is InChI=1S/C20H24O3S/c1-20(2,3)17-11-13-19(14-12-17)24(21,22)16-8-7-15-23-18-9-5-4-6-10-18/h4-14H,15-16H2,1-3H3. The largest absolute Gasteiger partial charge is 0.490 e. The predicted molar refractivity (Wildman–Crippen MR) is 98.3 cm³/mol. The molecule has 0 heterocycles. The third-order valence-corrected chi connectivity index (χ3v) is 5.27. The lowest BCUT2D eigenvalue weighted by Crippen LogP contribution is -2.12. The summed E-state index contributed by atoms with van der Waals surface area (Å²) in [4.78, 5) is 0.351. The molecule has 3 nitrogen and oxygen atoms in total. The fourth-order valence-electron chi connectivity index (χ4n) is 2.18. The van der Waals surface area contributed by atoms with Gasteiger partial charge in [-0.25, -0.2) is 8.42 Å². The van der Waals surface area contributed by atoms with Gasteiger partial charge in [-0.15, -0.1) is 0 Å². The fraction of sp³-hybridized carbons (Fsp3) is 0.300. The quantitative estimate of drug-likeness (QED) is 0.730. The summed E-state index contributed by atoms with van der Waals surface area (Å²) < 4.78 is 30.2. The molecule has 4 heteroatoms. The first-order valence-corrected chi connectivity index (χ1v) is 9.60. The SMILES string of the molecule is CC(C)(C)c1ccc(S(=O)(=O)CC=CCOc2ccccc2)cc1. The first-order chi connectivity index (χ1) is 11.3. The average molecular weight is 344 g/mol. The van der Waals surface area contributed by atoms with Crippen LogP contribution in [0.5, 0.6) is 5.75 Å². The third-order valence-electron chi connectivity index (χ3n) is 3.65. The highest BCUT2D eigenvalue weighted by atomic mass is 32.2. The van der Waals surface area contributed by atoms with E-state index in [0.717, 1.165) is 11.3 Å². The first kappa shape index (κ1) is 18.3. The van der Waals surface area contributed by atoms with E-state index in [1.807, 2.05) is 42.5 Å². The second kappa shape index (κ2) is 7.67. The molecular formula is C20H24O3S. The van der Waals surface area contributed by atoms with Gasteiger partial charge in [0.05, 0.1) is 10.6 Å². The molecule has 128 valence electrons. The Bertz CT molecular complexity index is 768. The summed E-state index contributed by atoms with van der Waals surface area (Å²) in [5.74, 6) is 0.739. The summed E-state index contributed by atoms with van der Waals surface area (Å²) in [6.07, 6.45) is 3.37. The maximum atomic E-state index is 12.3. The van der Waals surface area contributed by atoms with Crippen molar-refractivity contribution in [3.8, 4) is 5.75 Å². The number of benzene rings is 2. The van der Waals surface area contributed by atoms with Gasteiger partial charge in [0.15, 0.2) is 9.84 Å². The molecule has 0 amide bonds. The molecular weight excluding hydrogens is 320 g/mol. The van der Waals surface area contributed by atoms with Gasteiger partial charge in [-0.05, 0) is 35.2 Å². The van der Waals surface area contributed by atoms with E-state index in [-0.39, 0.29) is 11.2 Å². The highest BCUT2D eigenvalue weighted by Gasteiger charge is 2.16. The molecule has 0 unspecified atom stereocenters. The Labute approximate surface area is 144 Å².